The number of imide groups is 1. The van der Waals surface area contributed by atoms with Crippen LogP contribution in [-0.2, 0) is 43.1 Å². The van der Waals surface area contributed by atoms with Crippen LogP contribution in [-0.4, -0.2) is 125 Å². The summed E-state index contributed by atoms with van der Waals surface area (Å²) < 4.78 is 69.9. The van der Waals surface area contributed by atoms with E-state index in [2.05, 4.69) is 10.3 Å². The van der Waals surface area contributed by atoms with Gasteiger partial charge in [-0.1, -0.05) is 50.2 Å². The second-order valence-electron chi connectivity index (χ2n) is 18.6. The molecule has 3 aliphatic heterocycles. The molecule has 77 heavy (non-hydrogen) atoms. The fourth-order valence-corrected chi connectivity index (χ4v) is 10.8. The number of nitrogens with zero attached hydrogens (tertiary/aromatic N) is 5. The standard InChI is InChI=1S/C55H55F3N6O11S2/c1-32(2)48(64-29-38-8-5-6-9-40(38)51(64)67)53(69)63-30-39(65)26-42(63)50(66)60-28-37-13-12-36(49-33(3)61-31-76-49)25-45(37)74-18-7-17-72-20-21-73-19-16-62-52(68)47(77-54(62)70)24-34-10-15-44(46(23-34)71-4)75-43-14-11-35(27-59)22-41(43)55(56,57)58/h5-6,8-15,22-25,31-32,39,42,48,65H,7,16-21,26,28-30H2,1-4H3,(H,60,66)/b47-24-/t39-,42+,48+/m1/s1. The molecule has 0 radical (unpaired) electrons. The summed E-state index contributed by atoms with van der Waals surface area (Å²) in [5, 5.41) is 22.3. The maximum absolute atomic E-state index is 14.3. The zero-order valence-electron chi connectivity index (χ0n) is 42.5. The first kappa shape index (κ1) is 55.9. The summed E-state index contributed by atoms with van der Waals surface area (Å²) in [6.45, 7) is 6.95. The van der Waals surface area contributed by atoms with Gasteiger partial charge in [0.2, 0.25) is 11.8 Å². The predicted molar refractivity (Wildman–Crippen MR) is 279 cm³/mol. The number of alkyl halides is 3. The van der Waals surface area contributed by atoms with E-state index in [9.17, 15) is 42.3 Å². The molecular weight excluding hydrogens is 1040 g/mol. The summed E-state index contributed by atoms with van der Waals surface area (Å²) in [6.07, 6.45) is -3.71. The number of aryl methyl sites for hydroxylation is 1. The van der Waals surface area contributed by atoms with Gasteiger partial charge in [0, 0.05) is 50.2 Å². The highest BCUT2D eigenvalue weighted by atomic mass is 32.2. The maximum atomic E-state index is 14.3. The van der Waals surface area contributed by atoms with Gasteiger partial charge in [-0.25, -0.2) is 4.98 Å². The van der Waals surface area contributed by atoms with Gasteiger partial charge in [-0.15, -0.1) is 11.3 Å². The predicted octanol–water partition coefficient (Wildman–Crippen LogP) is 8.61. The molecule has 17 nitrogen and oxygen atoms in total. The number of ether oxygens (including phenoxy) is 5. The van der Waals surface area contributed by atoms with Gasteiger partial charge in [0.1, 0.15) is 23.6 Å². The van der Waals surface area contributed by atoms with Crippen molar-refractivity contribution in [1.29, 1.82) is 5.26 Å². The molecule has 1 aromatic heterocycles. The average Bonchev–Trinajstić information content (AvgIpc) is 4.21. The SMILES string of the molecule is COc1cc(/C=C2\SC(=O)N(CCOCCOCCCOc3cc(-c4scnc4C)ccc3CNC(=O)[C@@H]3C[C@@H](O)CN3C(=O)[C@H](C(C)C)N3Cc4ccccc4C3=O)C2=O)ccc1Oc1ccc(C#N)cc1C(F)(F)F. The van der Waals surface area contributed by atoms with E-state index >= 15 is 0 Å². The Kier molecular flexibility index (Phi) is 18.0. The molecule has 8 rings (SSSR count). The molecular formula is C55H55F3N6O11S2. The zero-order valence-corrected chi connectivity index (χ0v) is 44.1. The summed E-state index contributed by atoms with van der Waals surface area (Å²) in [4.78, 5) is 77.1. The largest absolute Gasteiger partial charge is 0.493 e. The van der Waals surface area contributed by atoms with Crippen molar-refractivity contribution < 1.29 is 65.9 Å². The number of thiazole rings is 1. The fraction of sp³-hybridized carbons (Fsp3) is 0.364. The number of methoxy groups -OCH3 is 1. The van der Waals surface area contributed by atoms with Crippen LogP contribution in [0, 0.1) is 24.2 Å². The van der Waals surface area contributed by atoms with Crippen LogP contribution >= 0.6 is 23.1 Å². The number of halogens is 3. The number of aliphatic hydroxyl groups is 1. The highest BCUT2D eigenvalue weighted by Crippen LogP contribution is 2.42. The molecule has 22 heteroatoms. The lowest BCUT2D eigenvalue weighted by Crippen LogP contribution is -2.55. The minimum Gasteiger partial charge on any atom is -0.493 e. The van der Waals surface area contributed by atoms with E-state index in [1.54, 1.807) is 28.6 Å². The first-order valence-electron chi connectivity index (χ1n) is 24.6. The second-order valence-corrected chi connectivity index (χ2v) is 20.4. The van der Waals surface area contributed by atoms with E-state index in [-0.39, 0.29) is 92.8 Å². The maximum Gasteiger partial charge on any atom is 0.420 e. The molecule has 0 aliphatic carbocycles. The third-order valence-electron chi connectivity index (χ3n) is 13.0. The van der Waals surface area contributed by atoms with Crippen molar-refractivity contribution in [1.82, 2.24) is 25.0 Å². The number of nitriles is 1. The number of aromatic nitrogens is 1. The number of benzene rings is 4. The topological polar surface area (TPSA) is 210 Å². The molecule has 5 aromatic rings. The van der Waals surface area contributed by atoms with Gasteiger partial charge in [-0.05, 0) is 89.8 Å². The molecule has 0 bridgehead atoms. The van der Waals surface area contributed by atoms with Crippen LogP contribution in [0.5, 0.6) is 23.0 Å². The molecule has 5 amide bonds. The zero-order chi connectivity index (χ0) is 55.0. The van der Waals surface area contributed by atoms with Gasteiger partial charge in [-0.2, -0.15) is 18.4 Å². The van der Waals surface area contributed by atoms with Crippen molar-refractivity contribution in [2.75, 3.05) is 53.2 Å². The van der Waals surface area contributed by atoms with Crippen molar-refractivity contribution in [3.63, 3.8) is 0 Å². The highest BCUT2D eigenvalue weighted by Gasteiger charge is 2.46. The molecule has 2 N–H and O–H groups in total. The number of hydrogen-bond donors (Lipinski definition) is 2. The molecule has 3 aliphatic rings. The first-order valence-corrected chi connectivity index (χ1v) is 26.3. The summed E-state index contributed by atoms with van der Waals surface area (Å²) in [5.41, 5.74) is 4.66. The molecule has 3 atom stereocenters. The van der Waals surface area contributed by atoms with Crippen LogP contribution in [0.15, 0.2) is 89.3 Å². The Bertz CT molecular complexity index is 3110. The molecule has 0 unspecified atom stereocenters. The van der Waals surface area contributed by atoms with Gasteiger partial charge in [0.15, 0.2) is 11.5 Å². The molecule has 0 spiro atoms. The Balaban J connectivity index is 0.791. The molecule has 2 saturated heterocycles. The van der Waals surface area contributed by atoms with E-state index in [4.69, 9.17) is 28.9 Å². The summed E-state index contributed by atoms with van der Waals surface area (Å²) in [5.74, 6) is -1.87. The van der Waals surface area contributed by atoms with E-state index in [0.717, 1.165) is 44.4 Å². The molecule has 2 fully saturated rings. The number of carbonyl (C=O) groups is 5. The number of aliphatic hydroxyl groups excluding tert-OH is 1. The van der Waals surface area contributed by atoms with E-state index < -0.39 is 58.6 Å². The molecule has 404 valence electrons. The number of thioether (sulfide) groups is 1. The summed E-state index contributed by atoms with van der Waals surface area (Å²) >= 11 is 2.22. The van der Waals surface area contributed by atoms with Crippen molar-refractivity contribution >= 4 is 58.0 Å². The lowest BCUT2D eigenvalue weighted by atomic mass is 10.0. The Hall–Kier alpha value is -7.29. The second kappa shape index (κ2) is 24.8. The summed E-state index contributed by atoms with van der Waals surface area (Å²) in [6, 6.07) is 20.1. The molecule has 0 saturated carbocycles. The number of β-amino-alcohol motifs (C(OH)–C–C–N with tert-alkyl or cyclic N) is 1. The lowest BCUT2D eigenvalue weighted by Gasteiger charge is -2.35. The fourth-order valence-electron chi connectivity index (χ4n) is 9.16. The number of carbonyl (C=O) groups excluding carboxylic acids is 5. The number of likely N-dealkylation sites (tertiary alicyclic amines) is 1. The van der Waals surface area contributed by atoms with Crippen LogP contribution in [0.2, 0.25) is 0 Å². The third-order valence-corrected chi connectivity index (χ3v) is 14.9. The van der Waals surface area contributed by atoms with Crippen LogP contribution in [0.25, 0.3) is 16.5 Å². The quantitative estimate of drug-likeness (QED) is 0.0491. The van der Waals surface area contributed by atoms with Gasteiger partial charge >= 0.3 is 6.18 Å². The van der Waals surface area contributed by atoms with E-state index in [1.807, 2.05) is 51.1 Å². The van der Waals surface area contributed by atoms with Crippen molar-refractivity contribution in [3.05, 3.63) is 128 Å². The number of hydrogen-bond acceptors (Lipinski definition) is 15. The van der Waals surface area contributed by atoms with Crippen LogP contribution < -0.4 is 19.5 Å². The van der Waals surface area contributed by atoms with Crippen molar-refractivity contribution in [2.45, 2.75) is 71.1 Å². The van der Waals surface area contributed by atoms with Crippen molar-refractivity contribution in [3.8, 4) is 39.5 Å². The van der Waals surface area contributed by atoms with Crippen molar-refractivity contribution in [2.24, 2.45) is 5.92 Å². The molecule has 4 aromatic carbocycles. The van der Waals surface area contributed by atoms with E-state index in [0.29, 0.717) is 41.5 Å². The monoisotopic (exact) mass is 1100 g/mol. The van der Waals surface area contributed by atoms with Gasteiger partial charge in [-0.3, -0.25) is 28.9 Å². The Morgan fingerprint density at radius 3 is 2.42 bits per heavy atom. The Labute approximate surface area is 450 Å². The van der Waals surface area contributed by atoms with Crippen LogP contribution in [0.3, 0.4) is 0 Å². The normalized spacial score (nSPS) is 17.3. The smallest absolute Gasteiger partial charge is 0.420 e. The number of rotatable bonds is 22. The minimum absolute atomic E-state index is 0.0187. The Morgan fingerprint density at radius 1 is 0.935 bits per heavy atom. The van der Waals surface area contributed by atoms with Crippen LogP contribution in [0.1, 0.15) is 70.6 Å². The number of fused-ring (bicyclic) bond motifs is 1. The first-order chi connectivity index (χ1) is 36.9. The average molecular weight is 1100 g/mol. The van der Waals surface area contributed by atoms with E-state index in [1.165, 1.54) is 53.7 Å². The van der Waals surface area contributed by atoms with Crippen LogP contribution in [0.4, 0.5) is 18.0 Å². The number of nitrogens with one attached hydrogen (secondary N) is 1. The highest BCUT2D eigenvalue weighted by molar-refractivity contribution is 8.18. The molecule has 4 heterocycles. The minimum atomic E-state index is -4.79. The Morgan fingerprint density at radius 2 is 1.70 bits per heavy atom. The van der Waals surface area contributed by atoms with Gasteiger partial charge < -0.3 is 43.9 Å². The van der Waals surface area contributed by atoms with Gasteiger partial charge in [0.05, 0.1) is 84.4 Å². The third kappa shape index (κ3) is 13.1. The van der Waals surface area contributed by atoms with Gasteiger partial charge in [0.25, 0.3) is 17.1 Å². The number of amides is 5. The lowest BCUT2D eigenvalue weighted by molar-refractivity contribution is -0.143. The summed E-state index contributed by atoms with van der Waals surface area (Å²) in [7, 11) is 1.30.